The van der Waals surface area contributed by atoms with Gasteiger partial charge >= 0.3 is 0 Å². The van der Waals surface area contributed by atoms with E-state index < -0.39 is 0 Å². The summed E-state index contributed by atoms with van der Waals surface area (Å²) in [4.78, 5) is 6.75. The number of nitrogens with zero attached hydrogens (tertiary/aromatic N) is 2. The van der Waals surface area contributed by atoms with Gasteiger partial charge in [-0.3, -0.25) is 0 Å². The molecule has 3 heteroatoms. The van der Waals surface area contributed by atoms with Gasteiger partial charge in [-0.15, -0.1) is 0 Å². The minimum atomic E-state index is 0.494. The second-order valence-corrected chi connectivity index (χ2v) is 5.65. The number of hydrogen-bond acceptors (Lipinski definition) is 3. The SMILES string of the molecule is CNc1cc(N2CCCC(C)(C)CC2)ccn1. The Hall–Kier alpha value is -1.25. The highest BCUT2D eigenvalue weighted by Gasteiger charge is 2.23. The number of aromatic nitrogens is 1. The zero-order valence-electron chi connectivity index (χ0n) is 11.2. The Morgan fingerprint density at radius 3 is 2.88 bits per heavy atom. The summed E-state index contributed by atoms with van der Waals surface area (Å²) in [5.74, 6) is 0.950. The van der Waals surface area contributed by atoms with E-state index in [4.69, 9.17) is 0 Å². The van der Waals surface area contributed by atoms with Crippen LogP contribution in [0, 0.1) is 5.41 Å². The molecule has 0 spiro atoms. The molecule has 0 atom stereocenters. The first kappa shape index (κ1) is 12.2. The lowest BCUT2D eigenvalue weighted by Crippen LogP contribution is -2.25. The number of hydrogen-bond donors (Lipinski definition) is 1. The third kappa shape index (κ3) is 3.11. The Morgan fingerprint density at radius 1 is 1.29 bits per heavy atom. The van der Waals surface area contributed by atoms with Gasteiger partial charge in [-0.25, -0.2) is 4.98 Å². The zero-order chi connectivity index (χ0) is 12.3. The van der Waals surface area contributed by atoms with Gasteiger partial charge in [-0.05, 0) is 30.7 Å². The van der Waals surface area contributed by atoms with Crippen molar-refractivity contribution in [2.75, 3.05) is 30.4 Å². The highest BCUT2D eigenvalue weighted by molar-refractivity contribution is 5.53. The average molecular weight is 233 g/mol. The van der Waals surface area contributed by atoms with E-state index in [0.717, 1.165) is 18.9 Å². The number of nitrogens with one attached hydrogen (secondary N) is 1. The predicted molar refractivity (Wildman–Crippen MR) is 73.6 cm³/mol. The molecule has 1 fully saturated rings. The van der Waals surface area contributed by atoms with E-state index in [1.165, 1.54) is 24.9 Å². The van der Waals surface area contributed by atoms with E-state index in [0.29, 0.717) is 5.41 Å². The van der Waals surface area contributed by atoms with Crippen LogP contribution in [-0.4, -0.2) is 25.1 Å². The van der Waals surface area contributed by atoms with Gasteiger partial charge in [0.25, 0.3) is 0 Å². The zero-order valence-corrected chi connectivity index (χ0v) is 11.2. The van der Waals surface area contributed by atoms with E-state index in [1.54, 1.807) is 0 Å². The molecule has 1 aliphatic rings. The predicted octanol–water partition coefficient (Wildman–Crippen LogP) is 3.14. The van der Waals surface area contributed by atoms with Crippen molar-refractivity contribution in [1.29, 1.82) is 0 Å². The Morgan fingerprint density at radius 2 is 2.12 bits per heavy atom. The van der Waals surface area contributed by atoms with Gasteiger partial charge < -0.3 is 10.2 Å². The lowest BCUT2D eigenvalue weighted by molar-refractivity contribution is 0.325. The first-order valence-corrected chi connectivity index (χ1v) is 6.49. The van der Waals surface area contributed by atoms with Gasteiger partial charge in [0.15, 0.2) is 0 Å². The number of pyridine rings is 1. The third-order valence-corrected chi connectivity index (χ3v) is 3.70. The lowest BCUT2D eigenvalue weighted by Gasteiger charge is -2.25. The number of anilines is 2. The minimum Gasteiger partial charge on any atom is -0.373 e. The van der Waals surface area contributed by atoms with Crippen LogP contribution in [0.2, 0.25) is 0 Å². The van der Waals surface area contributed by atoms with Crippen LogP contribution in [0.3, 0.4) is 0 Å². The summed E-state index contributed by atoms with van der Waals surface area (Å²) in [7, 11) is 1.91. The fraction of sp³-hybridized carbons (Fsp3) is 0.643. The topological polar surface area (TPSA) is 28.2 Å². The van der Waals surface area contributed by atoms with Crippen molar-refractivity contribution in [3.8, 4) is 0 Å². The quantitative estimate of drug-likeness (QED) is 0.850. The van der Waals surface area contributed by atoms with Crippen LogP contribution >= 0.6 is 0 Å². The van der Waals surface area contributed by atoms with Crippen molar-refractivity contribution in [2.45, 2.75) is 33.1 Å². The highest BCUT2D eigenvalue weighted by Crippen LogP contribution is 2.31. The van der Waals surface area contributed by atoms with Gasteiger partial charge in [0.05, 0.1) is 0 Å². The molecule has 94 valence electrons. The minimum absolute atomic E-state index is 0.494. The van der Waals surface area contributed by atoms with Crippen LogP contribution in [-0.2, 0) is 0 Å². The van der Waals surface area contributed by atoms with Crippen molar-refractivity contribution in [3.63, 3.8) is 0 Å². The third-order valence-electron chi connectivity index (χ3n) is 3.70. The Bertz CT molecular complexity index is 373. The molecule has 0 bridgehead atoms. The summed E-state index contributed by atoms with van der Waals surface area (Å²) in [6.07, 6.45) is 5.76. The van der Waals surface area contributed by atoms with Gasteiger partial charge in [0, 0.05) is 38.1 Å². The van der Waals surface area contributed by atoms with Crippen molar-refractivity contribution in [3.05, 3.63) is 18.3 Å². The highest BCUT2D eigenvalue weighted by atomic mass is 15.1. The summed E-state index contributed by atoms with van der Waals surface area (Å²) >= 11 is 0. The Kier molecular flexibility index (Phi) is 3.55. The molecule has 1 aromatic rings. The molecule has 1 saturated heterocycles. The molecule has 1 N–H and O–H groups in total. The molecule has 0 amide bonds. The van der Waals surface area contributed by atoms with Crippen LogP contribution in [0.25, 0.3) is 0 Å². The Balaban J connectivity index is 2.11. The number of rotatable bonds is 2. The van der Waals surface area contributed by atoms with Crippen LogP contribution in [0.15, 0.2) is 18.3 Å². The molecule has 0 aliphatic carbocycles. The molecule has 1 aliphatic heterocycles. The van der Waals surface area contributed by atoms with Crippen LogP contribution < -0.4 is 10.2 Å². The monoisotopic (exact) mass is 233 g/mol. The van der Waals surface area contributed by atoms with E-state index in [1.807, 2.05) is 13.2 Å². The molecule has 0 aromatic carbocycles. The second kappa shape index (κ2) is 4.94. The fourth-order valence-electron chi connectivity index (χ4n) is 2.43. The molecule has 3 nitrogen and oxygen atoms in total. The molecule has 2 rings (SSSR count). The molecule has 17 heavy (non-hydrogen) atoms. The average Bonchev–Trinajstić information content (AvgIpc) is 2.50. The van der Waals surface area contributed by atoms with E-state index in [9.17, 15) is 0 Å². The molecular weight excluding hydrogens is 210 g/mol. The first-order valence-electron chi connectivity index (χ1n) is 6.49. The summed E-state index contributed by atoms with van der Waals surface area (Å²) < 4.78 is 0. The van der Waals surface area contributed by atoms with Crippen LogP contribution in [0.1, 0.15) is 33.1 Å². The summed E-state index contributed by atoms with van der Waals surface area (Å²) in [6.45, 7) is 7.07. The second-order valence-electron chi connectivity index (χ2n) is 5.65. The summed E-state index contributed by atoms with van der Waals surface area (Å²) in [6, 6.07) is 4.25. The van der Waals surface area contributed by atoms with Crippen LogP contribution in [0.4, 0.5) is 11.5 Å². The first-order chi connectivity index (χ1) is 8.11. The van der Waals surface area contributed by atoms with E-state index in [-0.39, 0.29) is 0 Å². The normalized spacial score (nSPS) is 19.8. The van der Waals surface area contributed by atoms with Crippen molar-refractivity contribution >= 4 is 11.5 Å². The smallest absolute Gasteiger partial charge is 0.127 e. The van der Waals surface area contributed by atoms with E-state index in [2.05, 4.69) is 41.2 Å². The van der Waals surface area contributed by atoms with Crippen LogP contribution in [0.5, 0.6) is 0 Å². The molecular formula is C14H23N3. The van der Waals surface area contributed by atoms with Gasteiger partial charge in [-0.1, -0.05) is 13.8 Å². The molecule has 0 unspecified atom stereocenters. The maximum absolute atomic E-state index is 4.27. The van der Waals surface area contributed by atoms with Crippen molar-refractivity contribution in [2.24, 2.45) is 5.41 Å². The molecule has 1 aromatic heterocycles. The fourth-order valence-corrected chi connectivity index (χ4v) is 2.43. The lowest BCUT2D eigenvalue weighted by atomic mass is 9.85. The maximum Gasteiger partial charge on any atom is 0.127 e. The van der Waals surface area contributed by atoms with Crippen molar-refractivity contribution in [1.82, 2.24) is 4.98 Å². The summed E-state index contributed by atoms with van der Waals surface area (Å²) in [5.41, 5.74) is 1.79. The maximum atomic E-state index is 4.27. The molecule has 2 heterocycles. The molecule has 0 saturated carbocycles. The standard InChI is InChI=1S/C14H23N3/c1-14(2)6-4-9-17(10-7-14)12-5-8-16-13(11-12)15-3/h5,8,11H,4,6-7,9-10H2,1-3H3,(H,15,16). The van der Waals surface area contributed by atoms with Gasteiger partial charge in [-0.2, -0.15) is 0 Å². The molecule has 0 radical (unpaired) electrons. The van der Waals surface area contributed by atoms with Crippen molar-refractivity contribution < 1.29 is 0 Å². The van der Waals surface area contributed by atoms with Gasteiger partial charge in [0.1, 0.15) is 5.82 Å². The van der Waals surface area contributed by atoms with E-state index >= 15 is 0 Å². The van der Waals surface area contributed by atoms with Gasteiger partial charge in [0.2, 0.25) is 0 Å². The summed E-state index contributed by atoms with van der Waals surface area (Å²) in [5, 5.41) is 3.10. The Labute approximate surface area is 104 Å². The largest absolute Gasteiger partial charge is 0.373 e.